The van der Waals surface area contributed by atoms with E-state index in [9.17, 15) is 0 Å². The summed E-state index contributed by atoms with van der Waals surface area (Å²) in [6, 6.07) is 58.2. The van der Waals surface area contributed by atoms with Crippen LogP contribution in [0.25, 0.3) is 42.4 Å². The lowest BCUT2D eigenvalue weighted by Gasteiger charge is -2.32. The fourth-order valence-electron chi connectivity index (χ4n) is 8.54. The van der Waals surface area contributed by atoms with Crippen LogP contribution in [-0.2, 0) is 9.31 Å². The Kier molecular flexibility index (Phi) is 8.33. The largest absolute Gasteiger partial charge is 0.494 e. The van der Waals surface area contributed by atoms with Gasteiger partial charge in [-0.2, -0.15) is 0 Å². The average molecular weight is 794 g/mol. The fraction of sp³-hybridized carbons (Fsp3) is 0.160. The lowest BCUT2D eigenvalue weighted by Crippen LogP contribution is -2.41. The number of rotatable bonds is 6. The summed E-state index contributed by atoms with van der Waals surface area (Å²) in [5.74, 6) is 0. The summed E-state index contributed by atoms with van der Waals surface area (Å²) in [5, 5.41) is 3.44. The second-order valence-corrected chi connectivity index (χ2v) is 19.7. The van der Waals surface area contributed by atoms with Gasteiger partial charge in [0, 0.05) is 52.6 Å². The number of hydrogen-bond donors (Lipinski definition) is 0. The van der Waals surface area contributed by atoms with E-state index in [1.807, 2.05) is 34.9 Å². The van der Waals surface area contributed by atoms with E-state index in [1.54, 1.807) is 0 Å². The molecule has 4 heterocycles. The van der Waals surface area contributed by atoms with Gasteiger partial charge in [-0.25, -0.2) is 0 Å². The van der Waals surface area contributed by atoms with Crippen molar-refractivity contribution >= 4 is 84.7 Å². The molecule has 2 atom stereocenters. The number of anilines is 3. The van der Waals surface area contributed by atoms with Gasteiger partial charge in [0.15, 0.2) is 0 Å². The van der Waals surface area contributed by atoms with Crippen molar-refractivity contribution in [2.75, 3.05) is 4.90 Å². The molecule has 1 fully saturated rings. The van der Waals surface area contributed by atoms with Crippen molar-refractivity contribution in [2.45, 2.75) is 59.2 Å². The molecule has 0 spiro atoms. The number of hydrogen-bond acceptors (Lipinski definition) is 6. The molecule has 3 nitrogen and oxygen atoms in total. The van der Waals surface area contributed by atoms with Gasteiger partial charge in [0.1, 0.15) is 0 Å². The smallest absolute Gasteiger partial charge is 0.399 e. The molecule has 0 bridgehead atoms. The van der Waals surface area contributed by atoms with Crippen molar-refractivity contribution in [3.05, 3.63) is 169 Å². The van der Waals surface area contributed by atoms with Crippen LogP contribution in [0.5, 0.6) is 0 Å². The van der Waals surface area contributed by atoms with Crippen LogP contribution in [0.15, 0.2) is 168 Å². The minimum Gasteiger partial charge on any atom is -0.399 e. The summed E-state index contributed by atoms with van der Waals surface area (Å²) < 4.78 is 15.4. The van der Waals surface area contributed by atoms with Crippen LogP contribution >= 0.6 is 34.9 Å². The highest BCUT2D eigenvalue weighted by atomic mass is 32.2. The van der Waals surface area contributed by atoms with Crippen molar-refractivity contribution in [3.8, 4) is 22.3 Å². The molecular formula is C50H40BNO2S3. The summed E-state index contributed by atoms with van der Waals surface area (Å²) in [5.41, 5.74) is 11.4. The van der Waals surface area contributed by atoms with Crippen molar-refractivity contribution in [2.24, 2.45) is 0 Å². The minimum absolute atomic E-state index is 0.387. The van der Waals surface area contributed by atoms with Crippen molar-refractivity contribution in [1.29, 1.82) is 0 Å². The summed E-state index contributed by atoms with van der Waals surface area (Å²) in [4.78, 5) is 5.26. The lowest BCUT2D eigenvalue weighted by atomic mass is 9.78. The molecule has 0 saturated carbocycles. The van der Waals surface area contributed by atoms with Gasteiger partial charge in [0.05, 0.1) is 21.7 Å². The monoisotopic (exact) mass is 793 g/mol. The standard InChI is InChI=1S/C50H40BNO2S3/c1-49(2)50(3,4)54-51(53-49)34-14-12-13-33(27-34)31-21-23-32(24-22-31)40-29-37(30-41-38-17-8-10-19-43(38)55-46(40)41)52(35-15-6-5-7-16-35)36-25-26-45-42(28-36)48-47(57-45)39-18-9-11-20-44(39)56-48/h5-30,47-48H,1-4H3. The first-order valence-electron chi connectivity index (χ1n) is 19.6. The Morgan fingerprint density at radius 2 is 1.19 bits per heavy atom. The van der Waals surface area contributed by atoms with Crippen LogP contribution in [0.1, 0.15) is 49.3 Å². The number of benzene rings is 7. The van der Waals surface area contributed by atoms with E-state index in [4.69, 9.17) is 9.31 Å². The number of para-hydroxylation sites is 1. The van der Waals surface area contributed by atoms with Crippen LogP contribution in [0.3, 0.4) is 0 Å². The Balaban J connectivity index is 1.01. The Labute approximate surface area is 347 Å². The molecule has 0 N–H and O–H groups in total. The second kappa shape index (κ2) is 13.4. The first-order valence-corrected chi connectivity index (χ1v) is 22.2. The van der Waals surface area contributed by atoms with Gasteiger partial charge in [-0.3, -0.25) is 0 Å². The molecule has 0 amide bonds. The number of thioether (sulfide) groups is 2. The van der Waals surface area contributed by atoms with Gasteiger partial charge in [-0.05, 0) is 116 Å². The highest BCUT2D eigenvalue weighted by Gasteiger charge is 2.51. The molecule has 11 rings (SSSR count). The molecule has 278 valence electrons. The van der Waals surface area contributed by atoms with E-state index >= 15 is 0 Å². The van der Waals surface area contributed by atoms with Gasteiger partial charge < -0.3 is 14.2 Å². The van der Waals surface area contributed by atoms with Crippen molar-refractivity contribution in [1.82, 2.24) is 0 Å². The van der Waals surface area contributed by atoms with E-state index in [-0.39, 0.29) is 11.2 Å². The molecule has 0 radical (unpaired) electrons. The van der Waals surface area contributed by atoms with Crippen LogP contribution in [0.2, 0.25) is 0 Å². The summed E-state index contributed by atoms with van der Waals surface area (Å²) in [6.45, 7) is 8.41. The first kappa shape index (κ1) is 35.4. The summed E-state index contributed by atoms with van der Waals surface area (Å²) >= 11 is 5.92. The van der Waals surface area contributed by atoms with E-state index in [0.717, 1.165) is 28.0 Å². The number of fused-ring (bicyclic) bond motifs is 8. The molecule has 0 aliphatic carbocycles. The third-order valence-corrected chi connectivity index (χ3v) is 16.4. The maximum atomic E-state index is 6.40. The second-order valence-electron chi connectivity index (χ2n) is 16.3. The Hall–Kier alpha value is -4.76. The highest BCUT2D eigenvalue weighted by molar-refractivity contribution is 8.05. The average Bonchev–Trinajstić information content (AvgIpc) is 3.95. The van der Waals surface area contributed by atoms with Crippen LogP contribution in [0.4, 0.5) is 17.1 Å². The Bertz CT molecular complexity index is 2830. The molecule has 1 aromatic heterocycles. The molecule has 1 saturated heterocycles. The SMILES string of the molecule is CC1(C)OB(c2cccc(-c3ccc(-c4cc(N(c5ccccc5)c5ccc6c(c5)C5Sc7ccccc7C5S6)cc5c4sc4ccccc45)cc3)c2)OC1(C)C. The van der Waals surface area contributed by atoms with Gasteiger partial charge in [-0.15, -0.1) is 34.9 Å². The fourth-order valence-corrected chi connectivity index (χ4v) is 12.9. The predicted molar refractivity (Wildman–Crippen MR) is 244 cm³/mol. The zero-order chi connectivity index (χ0) is 38.5. The highest BCUT2D eigenvalue weighted by Crippen LogP contribution is 2.66. The summed E-state index contributed by atoms with van der Waals surface area (Å²) in [7, 11) is -0.398. The topological polar surface area (TPSA) is 21.7 Å². The van der Waals surface area contributed by atoms with Crippen molar-refractivity contribution in [3.63, 3.8) is 0 Å². The van der Waals surface area contributed by atoms with Crippen molar-refractivity contribution < 1.29 is 9.31 Å². The molecular weight excluding hydrogens is 754 g/mol. The van der Waals surface area contributed by atoms with Crippen LogP contribution in [-0.4, -0.2) is 18.3 Å². The van der Waals surface area contributed by atoms with E-state index in [0.29, 0.717) is 10.5 Å². The third-order valence-electron chi connectivity index (χ3n) is 12.2. The van der Waals surface area contributed by atoms with Gasteiger partial charge in [-0.1, -0.05) is 103 Å². The molecule has 7 aromatic carbocycles. The maximum Gasteiger partial charge on any atom is 0.494 e. The van der Waals surface area contributed by atoms with Gasteiger partial charge in [0.25, 0.3) is 0 Å². The molecule has 7 heteroatoms. The van der Waals surface area contributed by atoms with Gasteiger partial charge in [0.2, 0.25) is 0 Å². The van der Waals surface area contributed by atoms with Gasteiger partial charge >= 0.3 is 7.12 Å². The zero-order valence-electron chi connectivity index (χ0n) is 32.2. The maximum absolute atomic E-state index is 6.40. The van der Waals surface area contributed by atoms with Crippen LogP contribution in [0, 0.1) is 0 Å². The number of thiophene rings is 1. The lowest BCUT2D eigenvalue weighted by molar-refractivity contribution is 0.00578. The zero-order valence-corrected chi connectivity index (χ0v) is 34.7. The quantitative estimate of drug-likeness (QED) is 0.156. The summed E-state index contributed by atoms with van der Waals surface area (Å²) in [6.07, 6.45) is 0. The molecule has 2 unspecified atom stereocenters. The molecule has 57 heavy (non-hydrogen) atoms. The van der Waals surface area contributed by atoms with E-state index in [1.165, 1.54) is 57.9 Å². The van der Waals surface area contributed by atoms with E-state index in [2.05, 4.69) is 190 Å². The minimum atomic E-state index is -0.398. The normalized spacial score (nSPS) is 18.8. The van der Waals surface area contributed by atoms with Crippen LogP contribution < -0.4 is 10.4 Å². The molecule has 3 aliphatic rings. The van der Waals surface area contributed by atoms with E-state index < -0.39 is 7.12 Å². The molecule has 8 aromatic rings. The Morgan fingerprint density at radius 1 is 0.509 bits per heavy atom. The molecule has 3 aliphatic heterocycles. The Morgan fingerprint density at radius 3 is 2.00 bits per heavy atom. The predicted octanol–water partition coefficient (Wildman–Crippen LogP) is 14.2. The first-order chi connectivity index (χ1) is 27.7. The third kappa shape index (κ3) is 5.89. The number of nitrogens with zero attached hydrogens (tertiary/aromatic N) is 1.